The van der Waals surface area contributed by atoms with E-state index in [9.17, 15) is 4.79 Å². The van der Waals surface area contributed by atoms with Gasteiger partial charge in [0, 0.05) is 24.5 Å². The highest BCUT2D eigenvalue weighted by atomic mass is 16.5. The number of rotatable bonds is 8. The summed E-state index contributed by atoms with van der Waals surface area (Å²) in [5.41, 5.74) is 1.99. The molecule has 0 aliphatic carbocycles. The number of esters is 1. The zero-order valence-corrected chi connectivity index (χ0v) is 13.9. The molecule has 0 unspecified atom stereocenters. The second-order valence-corrected chi connectivity index (χ2v) is 5.11. The summed E-state index contributed by atoms with van der Waals surface area (Å²) in [5, 5.41) is 0. The molecule has 5 nitrogen and oxygen atoms in total. The monoisotopic (exact) mass is 327 g/mol. The number of nitrogens with zero attached hydrogens (tertiary/aromatic N) is 1. The van der Waals surface area contributed by atoms with Crippen LogP contribution in [-0.2, 0) is 16.0 Å². The summed E-state index contributed by atoms with van der Waals surface area (Å²) in [4.78, 5) is 15.7. The fourth-order valence-corrected chi connectivity index (χ4v) is 2.14. The Morgan fingerprint density at radius 1 is 1.08 bits per heavy atom. The predicted octanol–water partition coefficient (Wildman–Crippen LogP) is 3.29. The molecule has 0 fully saturated rings. The third kappa shape index (κ3) is 5.76. The molecule has 0 aliphatic heterocycles. The molecule has 0 saturated carbocycles. The van der Waals surface area contributed by atoms with E-state index in [0.717, 1.165) is 18.4 Å². The van der Waals surface area contributed by atoms with E-state index in [1.54, 1.807) is 38.8 Å². The van der Waals surface area contributed by atoms with E-state index < -0.39 is 0 Å². The lowest BCUT2D eigenvalue weighted by Gasteiger charge is -2.06. The molecule has 126 valence electrons. The molecule has 1 aromatic heterocycles. The van der Waals surface area contributed by atoms with Crippen LogP contribution in [0.3, 0.4) is 0 Å². The summed E-state index contributed by atoms with van der Waals surface area (Å²) >= 11 is 0. The lowest BCUT2D eigenvalue weighted by atomic mass is 10.1. The van der Waals surface area contributed by atoms with Crippen molar-refractivity contribution in [1.82, 2.24) is 4.98 Å². The molecule has 1 aromatic carbocycles. The standard InChI is InChI=1S/C19H21NO4/c1-22-17-12-16(13-18(14-17)23-2)5-6-19(21)24-11-3-4-15-7-9-20-10-8-15/h5-10,12-14H,3-4,11H2,1-2H3/b6-5+. The SMILES string of the molecule is COc1cc(/C=C/C(=O)OCCCc2ccncc2)cc(OC)c1. The molecule has 0 amide bonds. The third-order valence-corrected chi connectivity index (χ3v) is 3.39. The van der Waals surface area contributed by atoms with Crippen molar-refractivity contribution >= 4 is 12.0 Å². The maximum atomic E-state index is 11.8. The highest BCUT2D eigenvalue weighted by Crippen LogP contribution is 2.23. The van der Waals surface area contributed by atoms with E-state index >= 15 is 0 Å². The number of carbonyl (C=O) groups is 1. The van der Waals surface area contributed by atoms with Crippen LogP contribution in [0.25, 0.3) is 6.08 Å². The Morgan fingerprint density at radius 3 is 2.38 bits per heavy atom. The van der Waals surface area contributed by atoms with Gasteiger partial charge in [0.05, 0.1) is 20.8 Å². The quantitative estimate of drug-likeness (QED) is 0.423. The normalized spacial score (nSPS) is 10.6. The first-order valence-corrected chi connectivity index (χ1v) is 7.68. The molecule has 2 rings (SSSR count). The van der Waals surface area contributed by atoms with Gasteiger partial charge in [0.2, 0.25) is 0 Å². The third-order valence-electron chi connectivity index (χ3n) is 3.39. The largest absolute Gasteiger partial charge is 0.497 e. The molecule has 1 heterocycles. The number of hydrogen-bond donors (Lipinski definition) is 0. The van der Waals surface area contributed by atoms with Gasteiger partial charge in [-0.15, -0.1) is 0 Å². The van der Waals surface area contributed by atoms with Crippen LogP contribution in [0.4, 0.5) is 0 Å². The van der Waals surface area contributed by atoms with Crippen molar-refractivity contribution in [2.75, 3.05) is 20.8 Å². The van der Waals surface area contributed by atoms with Gasteiger partial charge in [-0.25, -0.2) is 4.79 Å². The average molecular weight is 327 g/mol. The number of pyridine rings is 1. The van der Waals surface area contributed by atoms with Gasteiger partial charge in [0.1, 0.15) is 11.5 Å². The summed E-state index contributed by atoms with van der Waals surface area (Å²) in [7, 11) is 3.17. The first kappa shape index (κ1) is 17.5. The number of benzene rings is 1. The lowest BCUT2D eigenvalue weighted by molar-refractivity contribution is -0.137. The topological polar surface area (TPSA) is 57.7 Å². The average Bonchev–Trinajstić information content (AvgIpc) is 2.64. The Balaban J connectivity index is 1.80. The number of ether oxygens (including phenoxy) is 3. The number of aryl methyl sites for hydroxylation is 1. The number of methoxy groups -OCH3 is 2. The second-order valence-electron chi connectivity index (χ2n) is 5.11. The van der Waals surface area contributed by atoms with Crippen LogP contribution in [0.5, 0.6) is 11.5 Å². The zero-order valence-electron chi connectivity index (χ0n) is 13.9. The highest BCUT2D eigenvalue weighted by molar-refractivity contribution is 5.87. The Morgan fingerprint density at radius 2 is 1.75 bits per heavy atom. The molecular weight excluding hydrogens is 306 g/mol. The van der Waals surface area contributed by atoms with Crippen molar-refractivity contribution in [3.8, 4) is 11.5 Å². The highest BCUT2D eigenvalue weighted by Gasteiger charge is 2.01. The molecular formula is C19H21NO4. The molecule has 0 radical (unpaired) electrons. The smallest absolute Gasteiger partial charge is 0.330 e. The van der Waals surface area contributed by atoms with Crippen molar-refractivity contribution in [3.63, 3.8) is 0 Å². The molecule has 24 heavy (non-hydrogen) atoms. The molecule has 0 spiro atoms. The lowest BCUT2D eigenvalue weighted by Crippen LogP contribution is -2.03. The molecule has 0 aliphatic rings. The summed E-state index contributed by atoms with van der Waals surface area (Å²) in [6, 6.07) is 9.32. The van der Waals surface area contributed by atoms with Gasteiger partial charge >= 0.3 is 5.97 Å². The molecule has 0 saturated heterocycles. The zero-order chi connectivity index (χ0) is 17.2. The maximum absolute atomic E-state index is 11.8. The van der Waals surface area contributed by atoms with Crippen LogP contribution in [0.2, 0.25) is 0 Å². The van der Waals surface area contributed by atoms with Crippen molar-refractivity contribution in [2.45, 2.75) is 12.8 Å². The van der Waals surface area contributed by atoms with Gasteiger partial charge in [-0.05, 0) is 54.3 Å². The Kier molecular flexibility index (Phi) is 6.83. The summed E-state index contributed by atoms with van der Waals surface area (Å²) in [5.74, 6) is 0.964. The predicted molar refractivity (Wildman–Crippen MR) is 92.1 cm³/mol. The minimum atomic E-state index is -0.369. The molecule has 0 bridgehead atoms. The number of hydrogen-bond acceptors (Lipinski definition) is 5. The fourth-order valence-electron chi connectivity index (χ4n) is 2.14. The Labute approximate surface area is 141 Å². The van der Waals surface area contributed by atoms with Gasteiger partial charge < -0.3 is 14.2 Å². The maximum Gasteiger partial charge on any atom is 0.330 e. The minimum absolute atomic E-state index is 0.369. The van der Waals surface area contributed by atoms with Crippen molar-refractivity contribution in [2.24, 2.45) is 0 Å². The van der Waals surface area contributed by atoms with Crippen molar-refractivity contribution < 1.29 is 19.0 Å². The van der Waals surface area contributed by atoms with Crippen LogP contribution >= 0.6 is 0 Å². The van der Waals surface area contributed by atoms with E-state index in [2.05, 4.69) is 4.98 Å². The number of carbonyl (C=O) groups excluding carboxylic acids is 1. The number of aromatic nitrogens is 1. The summed E-state index contributed by atoms with van der Waals surface area (Å²) < 4.78 is 15.6. The van der Waals surface area contributed by atoms with E-state index in [1.165, 1.54) is 11.6 Å². The van der Waals surface area contributed by atoms with E-state index in [1.807, 2.05) is 24.3 Å². The molecule has 0 atom stereocenters. The fraction of sp³-hybridized carbons (Fsp3) is 0.263. The van der Waals surface area contributed by atoms with Crippen LogP contribution < -0.4 is 9.47 Å². The van der Waals surface area contributed by atoms with Gasteiger partial charge in [0.25, 0.3) is 0 Å². The van der Waals surface area contributed by atoms with E-state index in [-0.39, 0.29) is 5.97 Å². The molecule has 0 N–H and O–H groups in total. The van der Waals surface area contributed by atoms with Gasteiger partial charge in [0.15, 0.2) is 0 Å². The second kappa shape index (κ2) is 9.35. The first-order chi connectivity index (χ1) is 11.7. The van der Waals surface area contributed by atoms with Crippen molar-refractivity contribution in [1.29, 1.82) is 0 Å². The minimum Gasteiger partial charge on any atom is -0.497 e. The first-order valence-electron chi connectivity index (χ1n) is 7.68. The van der Waals surface area contributed by atoms with Crippen molar-refractivity contribution in [3.05, 3.63) is 59.9 Å². The molecule has 2 aromatic rings. The van der Waals surface area contributed by atoms with Crippen LogP contribution in [0, 0.1) is 0 Å². The Hall–Kier alpha value is -2.82. The van der Waals surface area contributed by atoms with E-state index in [0.29, 0.717) is 18.1 Å². The summed E-state index contributed by atoms with van der Waals surface area (Å²) in [6.45, 7) is 0.382. The van der Waals surface area contributed by atoms with Gasteiger partial charge in [-0.1, -0.05) is 0 Å². The Bertz CT molecular complexity index is 661. The van der Waals surface area contributed by atoms with Crippen LogP contribution in [0.1, 0.15) is 17.5 Å². The summed E-state index contributed by atoms with van der Waals surface area (Å²) in [6.07, 6.45) is 8.22. The van der Waals surface area contributed by atoms with Gasteiger partial charge in [-0.3, -0.25) is 4.98 Å². The van der Waals surface area contributed by atoms with E-state index in [4.69, 9.17) is 14.2 Å². The van der Waals surface area contributed by atoms with Crippen LogP contribution in [0.15, 0.2) is 48.8 Å². The van der Waals surface area contributed by atoms with Crippen LogP contribution in [-0.4, -0.2) is 31.8 Å². The van der Waals surface area contributed by atoms with Gasteiger partial charge in [-0.2, -0.15) is 0 Å². The molecule has 5 heteroatoms.